The zero-order valence-electron chi connectivity index (χ0n) is 9.36. The van der Waals surface area contributed by atoms with Gasteiger partial charge in [-0.1, -0.05) is 13.8 Å². The second-order valence-electron chi connectivity index (χ2n) is 3.68. The highest BCUT2D eigenvalue weighted by atomic mass is 127. The van der Waals surface area contributed by atoms with Crippen LogP contribution in [0.3, 0.4) is 0 Å². The molecule has 92 valence electrons. The monoisotopic (exact) mass is 349 g/mol. The summed E-state index contributed by atoms with van der Waals surface area (Å²) in [6.07, 6.45) is 1.19. The van der Waals surface area contributed by atoms with Crippen molar-refractivity contribution in [2.45, 2.75) is 13.8 Å². The second-order valence-corrected chi connectivity index (χ2v) is 5.94. The molecule has 0 spiro atoms. The van der Waals surface area contributed by atoms with Crippen molar-refractivity contribution < 1.29 is 8.42 Å². The average Bonchev–Trinajstić information content (AvgIpc) is 1.98. The molecule has 0 aromatic rings. The van der Waals surface area contributed by atoms with Gasteiger partial charge in [0.15, 0.2) is 5.96 Å². The zero-order chi connectivity index (χ0) is 11.2. The fourth-order valence-corrected chi connectivity index (χ4v) is 1.17. The van der Waals surface area contributed by atoms with Gasteiger partial charge >= 0.3 is 0 Å². The van der Waals surface area contributed by atoms with Gasteiger partial charge in [-0.05, 0) is 5.92 Å². The van der Waals surface area contributed by atoms with Gasteiger partial charge in [-0.3, -0.25) is 4.99 Å². The van der Waals surface area contributed by atoms with E-state index in [2.05, 4.69) is 10.3 Å². The van der Waals surface area contributed by atoms with Crippen molar-refractivity contribution in [2.75, 3.05) is 25.1 Å². The smallest absolute Gasteiger partial charge is 0.188 e. The van der Waals surface area contributed by atoms with Crippen LogP contribution in [0.5, 0.6) is 0 Å². The quantitative estimate of drug-likeness (QED) is 0.422. The third kappa shape index (κ3) is 14.0. The van der Waals surface area contributed by atoms with Crippen LogP contribution in [0.2, 0.25) is 0 Å². The summed E-state index contributed by atoms with van der Waals surface area (Å²) in [7, 11) is -2.92. The van der Waals surface area contributed by atoms with Gasteiger partial charge in [0.2, 0.25) is 0 Å². The first-order valence-electron chi connectivity index (χ1n) is 4.53. The van der Waals surface area contributed by atoms with E-state index in [1.54, 1.807) is 0 Å². The maximum absolute atomic E-state index is 10.8. The molecule has 0 aliphatic heterocycles. The van der Waals surface area contributed by atoms with Gasteiger partial charge in [0.25, 0.3) is 0 Å². The highest BCUT2D eigenvalue weighted by molar-refractivity contribution is 14.0. The molecule has 0 unspecified atom stereocenters. The number of nitrogens with zero attached hydrogens (tertiary/aromatic N) is 1. The predicted octanol–water partition coefficient (Wildman–Crippen LogP) is 0.209. The van der Waals surface area contributed by atoms with Crippen LogP contribution in [-0.2, 0) is 9.84 Å². The first kappa shape index (κ1) is 17.3. The van der Waals surface area contributed by atoms with Crippen molar-refractivity contribution in [1.29, 1.82) is 0 Å². The van der Waals surface area contributed by atoms with E-state index < -0.39 is 9.84 Å². The molecule has 0 radical (unpaired) electrons. The number of rotatable bonds is 5. The van der Waals surface area contributed by atoms with Crippen molar-refractivity contribution in [3.05, 3.63) is 0 Å². The summed E-state index contributed by atoms with van der Waals surface area (Å²) in [6.45, 7) is 5.03. The summed E-state index contributed by atoms with van der Waals surface area (Å²) < 4.78 is 21.5. The molecule has 7 heteroatoms. The van der Waals surface area contributed by atoms with Crippen molar-refractivity contribution in [3.63, 3.8) is 0 Å². The van der Waals surface area contributed by atoms with E-state index >= 15 is 0 Å². The number of sulfone groups is 1. The molecule has 0 aliphatic carbocycles. The van der Waals surface area contributed by atoms with Crippen LogP contribution in [-0.4, -0.2) is 39.5 Å². The lowest BCUT2D eigenvalue weighted by Gasteiger charge is -2.05. The summed E-state index contributed by atoms with van der Waals surface area (Å²) in [4.78, 5) is 4.03. The molecule has 5 nitrogen and oxygen atoms in total. The number of hydrogen-bond acceptors (Lipinski definition) is 3. The van der Waals surface area contributed by atoms with E-state index in [0.29, 0.717) is 25.0 Å². The predicted molar refractivity (Wildman–Crippen MR) is 74.5 cm³/mol. The number of nitrogens with two attached hydrogens (primary N) is 1. The minimum atomic E-state index is -2.92. The Kier molecular flexibility index (Phi) is 9.42. The topological polar surface area (TPSA) is 84.5 Å². The van der Waals surface area contributed by atoms with Gasteiger partial charge in [0.05, 0.1) is 5.75 Å². The number of aliphatic imine (C=N–C) groups is 1. The van der Waals surface area contributed by atoms with E-state index in [-0.39, 0.29) is 29.7 Å². The van der Waals surface area contributed by atoms with Gasteiger partial charge in [-0.15, -0.1) is 24.0 Å². The summed E-state index contributed by atoms with van der Waals surface area (Å²) in [6, 6.07) is 0. The molecule has 0 fully saturated rings. The third-order valence-corrected chi connectivity index (χ3v) is 2.35. The molecule has 0 heterocycles. The van der Waals surface area contributed by atoms with Crippen LogP contribution in [0.1, 0.15) is 13.8 Å². The Labute approximate surface area is 109 Å². The Balaban J connectivity index is 0. The highest BCUT2D eigenvalue weighted by Gasteiger charge is 2.01. The van der Waals surface area contributed by atoms with E-state index in [4.69, 9.17) is 5.73 Å². The van der Waals surface area contributed by atoms with Gasteiger partial charge in [0, 0.05) is 19.3 Å². The molecule has 0 aromatic heterocycles. The summed E-state index contributed by atoms with van der Waals surface area (Å²) >= 11 is 0. The molecule has 0 rings (SSSR count). The summed E-state index contributed by atoms with van der Waals surface area (Å²) in [5.74, 6) is 0.831. The molecule has 0 aliphatic rings. The van der Waals surface area contributed by atoms with E-state index in [1.807, 2.05) is 13.8 Å². The van der Waals surface area contributed by atoms with Gasteiger partial charge in [-0.25, -0.2) is 8.42 Å². The summed E-state index contributed by atoms with van der Waals surface area (Å²) in [5.41, 5.74) is 5.50. The minimum Gasteiger partial charge on any atom is -0.370 e. The molecular formula is C8H20IN3O2S. The Morgan fingerprint density at radius 3 is 2.40 bits per heavy atom. The van der Waals surface area contributed by atoms with Crippen LogP contribution in [0.25, 0.3) is 0 Å². The molecule has 0 saturated carbocycles. The summed E-state index contributed by atoms with van der Waals surface area (Å²) in [5, 5.41) is 2.74. The van der Waals surface area contributed by atoms with Gasteiger partial charge < -0.3 is 11.1 Å². The first-order chi connectivity index (χ1) is 6.31. The fraction of sp³-hybridized carbons (Fsp3) is 0.875. The standard InChI is InChI=1S/C8H19N3O2S.HI/c1-7(2)6-11-8(9)10-4-5-14(3,12)13;/h7H,4-6H2,1-3H3,(H3,9,10,11);1H. The van der Waals surface area contributed by atoms with Crippen LogP contribution in [0.15, 0.2) is 4.99 Å². The van der Waals surface area contributed by atoms with E-state index in [1.165, 1.54) is 6.26 Å². The Hall–Kier alpha value is -0.0500. The van der Waals surface area contributed by atoms with Crippen molar-refractivity contribution >= 4 is 39.8 Å². The number of halogens is 1. The van der Waals surface area contributed by atoms with Crippen molar-refractivity contribution in [2.24, 2.45) is 16.6 Å². The number of nitrogens with one attached hydrogen (secondary N) is 1. The van der Waals surface area contributed by atoms with Crippen LogP contribution >= 0.6 is 24.0 Å². The lowest BCUT2D eigenvalue weighted by atomic mass is 10.2. The van der Waals surface area contributed by atoms with Crippen molar-refractivity contribution in [1.82, 2.24) is 5.32 Å². The molecule has 0 bridgehead atoms. The molecular weight excluding hydrogens is 329 g/mol. The lowest BCUT2D eigenvalue weighted by molar-refractivity contribution is 0.600. The molecule has 15 heavy (non-hydrogen) atoms. The number of guanidine groups is 1. The first-order valence-corrected chi connectivity index (χ1v) is 6.59. The molecule has 0 aromatic carbocycles. The Morgan fingerprint density at radius 2 is 2.00 bits per heavy atom. The normalized spacial score (nSPS) is 12.4. The zero-order valence-corrected chi connectivity index (χ0v) is 12.5. The largest absolute Gasteiger partial charge is 0.370 e. The van der Waals surface area contributed by atoms with E-state index in [0.717, 1.165) is 0 Å². The maximum Gasteiger partial charge on any atom is 0.188 e. The molecule has 0 amide bonds. The second kappa shape index (κ2) is 8.14. The van der Waals surface area contributed by atoms with Crippen molar-refractivity contribution in [3.8, 4) is 0 Å². The lowest BCUT2D eigenvalue weighted by Crippen LogP contribution is -2.35. The Bertz CT molecular complexity index is 288. The average molecular weight is 349 g/mol. The minimum absolute atomic E-state index is 0. The molecule has 0 saturated heterocycles. The van der Waals surface area contributed by atoms with E-state index in [9.17, 15) is 8.42 Å². The van der Waals surface area contributed by atoms with Crippen LogP contribution < -0.4 is 11.1 Å². The maximum atomic E-state index is 10.8. The molecule has 3 N–H and O–H groups in total. The third-order valence-electron chi connectivity index (χ3n) is 1.41. The van der Waals surface area contributed by atoms with Gasteiger partial charge in [0.1, 0.15) is 9.84 Å². The fourth-order valence-electron chi connectivity index (χ4n) is 0.701. The van der Waals surface area contributed by atoms with Crippen LogP contribution in [0, 0.1) is 5.92 Å². The Morgan fingerprint density at radius 1 is 1.47 bits per heavy atom. The van der Waals surface area contributed by atoms with Gasteiger partial charge in [-0.2, -0.15) is 0 Å². The SMILES string of the molecule is CC(C)CN=C(N)NCCS(C)(=O)=O.I. The van der Waals surface area contributed by atoms with Crippen LogP contribution in [0.4, 0.5) is 0 Å². The highest BCUT2D eigenvalue weighted by Crippen LogP contribution is 1.90. The molecule has 0 atom stereocenters. The number of hydrogen-bond donors (Lipinski definition) is 2.